The van der Waals surface area contributed by atoms with Gasteiger partial charge in [-0.1, -0.05) is 20.8 Å². The van der Waals surface area contributed by atoms with Gasteiger partial charge in [0.05, 0.1) is 23.7 Å². The van der Waals surface area contributed by atoms with Crippen LogP contribution in [0.5, 0.6) is 17.2 Å². The van der Waals surface area contributed by atoms with Crippen LogP contribution in [-0.4, -0.2) is 14.2 Å². The van der Waals surface area contributed by atoms with E-state index in [1.54, 1.807) is 14.2 Å². The van der Waals surface area contributed by atoms with Crippen molar-refractivity contribution in [3.8, 4) is 17.2 Å². The molecule has 1 unspecified atom stereocenters. The van der Waals surface area contributed by atoms with Crippen molar-refractivity contribution in [3.63, 3.8) is 0 Å². The van der Waals surface area contributed by atoms with E-state index in [1.807, 2.05) is 12.1 Å². The van der Waals surface area contributed by atoms with Gasteiger partial charge in [-0.2, -0.15) is 0 Å². The van der Waals surface area contributed by atoms with Gasteiger partial charge in [0.2, 0.25) is 0 Å². The van der Waals surface area contributed by atoms with Crippen LogP contribution < -0.4 is 14.0 Å². The number of hydrogen-bond acceptors (Lipinski definition) is 3. The van der Waals surface area contributed by atoms with E-state index in [0.717, 1.165) is 17.1 Å². The summed E-state index contributed by atoms with van der Waals surface area (Å²) in [6.07, 6.45) is 0. The van der Waals surface area contributed by atoms with Crippen molar-refractivity contribution in [1.82, 2.24) is 0 Å². The van der Waals surface area contributed by atoms with Crippen LogP contribution in [0.1, 0.15) is 26.3 Å². The summed E-state index contributed by atoms with van der Waals surface area (Å²) in [4.78, 5) is 0. The Bertz CT molecular complexity index is 369. The minimum absolute atomic E-state index is 0.00848. The summed E-state index contributed by atoms with van der Waals surface area (Å²) in [5, 5.41) is 0. The third-order valence-electron chi connectivity index (χ3n) is 2.42. The van der Waals surface area contributed by atoms with Crippen molar-refractivity contribution in [2.24, 2.45) is 0 Å². The summed E-state index contributed by atoms with van der Waals surface area (Å²) in [5.41, 5.74) is 1.07. The molecule has 0 bridgehead atoms. The molecule has 4 heteroatoms. The predicted octanol–water partition coefficient (Wildman–Crippen LogP) is 3.17. The predicted molar refractivity (Wildman–Crippen MR) is 68.6 cm³/mol. The summed E-state index contributed by atoms with van der Waals surface area (Å²) in [6, 6.07) is 3.80. The lowest BCUT2D eigenvalue weighted by Gasteiger charge is -2.23. The highest BCUT2D eigenvalue weighted by molar-refractivity contribution is 7.10. The zero-order valence-corrected chi connectivity index (χ0v) is 11.6. The summed E-state index contributed by atoms with van der Waals surface area (Å²) >= 11 is 0. The SMILES string of the molecule is COc1cc(OP)c(C(C)(C)C)cc1OC. The zero-order valence-electron chi connectivity index (χ0n) is 10.5. The van der Waals surface area contributed by atoms with Gasteiger partial charge in [-0.3, -0.25) is 0 Å². The molecule has 90 valence electrons. The van der Waals surface area contributed by atoms with Crippen LogP contribution in [0.25, 0.3) is 0 Å². The van der Waals surface area contributed by atoms with Crippen LogP contribution in [-0.2, 0) is 5.41 Å². The van der Waals surface area contributed by atoms with Crippen LogP contribution in [0, 0.1) is 0 Å². The highest BCUT2D eigenvalue weighted by Crippen LogP contribution is 2.40. The highest BCUT2D eigenvalue weighted by atomic mass is 31.0. The fraction of sp³-hybridized carbons (Fsp3) is 0.500. The Hall–Kier alpha value is -0.950. The molecule has 0 amide bonds. The van der Waals surface area contributed by atoms with Crippen LogP contribution in [0.3, 0.4) is 0 Å². The Morgan fingerprint density at radius 3 is 1.81 bits per heavy atom. The maximum atomic E-state index is 5.29. The molecule has 1 aromatic rings. The average Bonchev–Trinajstić information content (AvgIpc) is 2.25. The Morgan fingerprint density at radius 2 is 1.44 bits per heavy atom. The first kappa shape index (κ1) is 13.1. The molecule has 1 rings (SSSR count). The Morgan fingerprint density at radius 1 is 0.938 bits per heavy atom. The smallest absolute Gasteiger partial charge is 0.164 e. The van der Waals surface area contributed by atoms with Gasteiger partial charge in [0.15, 0.2) is 11.5 Å². The molecule has 0 aliphatic heterocycles. The number of hydrogen-bond donors (Lipinski definition) is 0. The fourth-order valence-electron chi connectivity index (χ4n) is 1.54. The van der Waals surface area contributed by atoms with E-state index in [0.29, 0.717) is 5.75 Å². The highest BCUT2D eigenvalue weighted by Gasteiger charge is 2.22. The van der Waals surface area contributed by atoms with Gasteiger partial charge in [-0.05, 0) is 11.5 Å². The van der Waals surface area contributed by atoms with E-state index < -0.39 is 0 Å². The van der Waals surface area contributed by atoms with Crippen molar-refractivity contribution < 1.29 is 14.0 Å². The maximum absolute atomic E-state index is 5.29. The Kier molecular flexibility index (Phi) is 4.03. The molecule has 0 saturated heterocycles. The van der Waals surface area contributed by atoms with Gasteiger partial charge < -0.3 is 14.0 Å². The lowest BCUT2D eigenvalue weighted by molar-refractivity contribution is 0.351. The van der Waals surface area contributed by atoms with Crippen LogP contribution in [0.2, 0.25) is 0 Å². The Labute approximate surface area is 99.4 Å². The summed E-state index contributed by atoms with van der Waals surface area (Å²) < 4.78 is 15.8. The largest absolute Gasteiger partial charge is 0.493 e. The standard InChI is InChI=1S/C12H19O3P/c1-12(2,3)8-6-10(13-4)11(14-5)7-9(8)15-16/h6-7H,16H2,1-5H3. The second-order valence-electron chi connectivity index (χ2n) is 4.57. The zero-order chi connectivity index (χ0) is 12.3. The van der Waals surface area contributed by atoms with Gasteiger partial charge in [0, 0.05) is 11.6 Å². The van der Waals surface area contributed by atoms with Crippen LogP contribution in [0.4, 0.5) is 0 Å². The van der Waals surface area contributed by atoms with Crippen molar-refractivity contribution in [2.75, 3.05) is 14.2 Å². The average molecular weight is 242 g/mol. The van der Waals surface area contributed by atoms with Crippen molar-refractivity contribution in [3.05, 3.63) is 17.7 Å². The first-order valence-electron chi connectivity index (χ1n) is 5.07. The molecule has 3 nitrogen and oxygen atoms in total. The third-order valence-corrected chi connectivity index (χ3v) is 2.67. The minimum Gasteiger partial charge on any atom is -0.493 e. The minimum atomic E-state index is -0.00848. The van der Waals surface area contributed by atoms with Gasteiger partial charge >= 0.3 is 0 Å². The molecule has 0 heterocycles. The quantitative estimate of drug-likeness (QED) is 0.762. The molecule has 0 N–H and O–H groups in total. The summed E-state index contributed by atoms with van der Waals surface area (Å²) in [7, 11) is 5.51. The second kappa shape index (κ2) is 4.92. The normalized spacial score (nSPS) is 11.1. The van der Waals surface area contributed by atoms with E-state index >= 15 is 0 Å². The van der Waals surface area contributed by atoms with E-state index in [9.17, 15) is 0 Å². The van der Waals surface area contributed by atoms with Gasteiger partial charge in [-0.15, -0.1) is 0 Å². The van der Waals surface area contributed by atoms with Crippen LogP contribution in [0.15, 0.2) is 12.1 Å². The molecule has 0 aliphatic rings. The number of benzene rings is 1. The molecule has 16 heavy (non-hydrogen) atoms. The number of methoxy groups -OCH3 is 2. The molecule has 0 fully saturated rings. The van der Waals surface area contributed by atoms with Gasteiger partial charge in [0.25, 0.3) is 0 Å². The Balaban J connectivity index is 3.38. The first-order chi connectivity index (χ1) is 7.43. The summed E-state index contributed by atoms with van der Waals surface area (Å²) in [6.45, 7) is 6.38. The van der Waals surface area contributed by atoms with Gasteiger partial charge in [0.1, 0.15) is 5.75 Å². The van der Waals surface area contributed by atoms with Gasteiger partial charge in [-0.25, -0.2) is 0 Å². The topological polar surface area (TPSA) is 27.7 Å². The molecule has 0 saturated carbocycles. The fourth-order valence-corrected chi connectivity index (χ4v) is 1.74. The third kappa shape index (κ3) is 2.59. The van der Waals surface area contributed by atoms with E-state index in [1.165, 1.54) is 0 Å². The molecule has 1 atom stereocenters. The molecular weight excluding hydrogens is 223 g/mol. The molecular formula is C12H19O3P. The monoisotopic (exact) mass is 242 g/mol. The van der Waals surface area contributed by atoms with Crippen molar-refractivity contribution in [1.29, 1.82) is 0 Å². The molecule has 0 spiro atoms. The summed E-state index contributed by atoms with van der Waals surface area (Å²) in [5.74, 6) is 2.18. The van der Waals surface area contributed by atoms with E-state index in [4.69, 9.17) is 14.0 Å². The lowest BCUT2D eigenvalue weighted by Crippen LogP contribution is -2.12. The van der Waals surface area contributed by atoms with Crippen molar-refractivity contribution in [2.45, 2.75) is 26.2 Å². The first-order valence-corrected chi connectivity index (χ1v) is 5.54. The van der Waals surface area contributed by atoms with Crippen LogP contribution >= 0.6 is 9.47 Å². The van der Waals surface area contributed by atoms with Crippen molar-refractivity contribution >= 4 is 9.47 Å². The molecule has 0 aromatic heterocycles. The molecule has 1 aromatic carbocycles. The molecule has 0 radical (unpaired) electrons. The molecule has 0 aliphatic carbocycles. The maximum Gasteiger partial charge on any atom is 0.164 e. The lowest BCUT2D eigenvalue weighted by atomic mass is 9.86. The number of rotatable bonds is 3. The van der Waals surface area contributed by atoms with E-state index in [-0.39, 0.29) is 5.41 Å². The number of ether oxygens (including phenoxy) is 2. The second-order valence-corrected chi connectivity index (χ2v) is 4.81. The van der Waals surface area contributed by atoms with E-state index in [2.05, 4.69) is 30.2 Å².